The number of hydrogen-bond acceptors (Lipinski definition) is 6. The molecular weight excluding hydrogens is 330 g/mol. The smallest absolute Gasteiger partial charge is 0.225 e. The van der Waals surface area contributed by atoms with E-state index in [1.807, 2.05) is 44.2 Å². The van der Waals surface area contributed by atoms with Crippen molar-refractivity contribution in [3.63, 3.8) is 0 Å². The number of ether oxygens (including phenoxy) is 1. The van der Waals surface area contributed by atoms with Crippen molar-refractivity contribution in [2.24, 2.45) is 5.16 Å². The van der Waals surface area contributed by atoms with Crippen LogP contribution in [0.1, 0.15) is 34.0 Å². The predicted octanol–water partition coefficient (Wildman–Crippen LogP) is 3.97. The van der Waals surface area contributed by atoms with Crippen LogP contribution in [0.2, 0.25) is 0 Å². The lowest BCUT2D eigenvalue weighted by Gasteiger charge is -2.13. The molecule has 0 fully saturated rings. The van der Waals surface area contributed by atoms with Crippen molar-refractivity contribution in [2.75, 3.05) is 7.11 Å². The second-order valence-electron chi connectivity index (χ2n) is 5.97. The Morgan fingerprint density at radius 1 is 1.12 bits per heavy atom. The van der Waals surface area contributed by atoms with Gasteiger partial charge in [-0.25, -0.2) is 0 Å². The fourth-order valence-electron chi connectivity index (χ4n) is 2.59. The molecule has 0 radical (unpaired) electrons. The maximum Gasteiger partial charge on any atom is 0.225 e. The maximum absolute atomic E-state index is 6.05. The summed E-state index contributed by atoms with van der Waals surface area (Å²) in [7, 11) is 1.49. The molecule has 3 rings (SSSR count). The lowest BCUT2D eigenvalue weighted by molar-refractivity contribution is 0.213. The van der Waals surface area contributed by atoms with Crippen LogP contribution in [0.25, 0.3) is 0 Å². The fraction of sp³-hybridized carbons (Fsp3) is 0.250. The first kappa shape index (κ1) is 17.7. The number of hydrogen-bond donors (Lipinski definition) is 0. The molecule has 0 unspecified atom stereocenters. The summed E-state index contributed by atoms with van der Waals surface area (Å²) in [5.41, 5.74) is 4.53. The molecule has 6 nitrogen and oxygen atoms in total. The molecule has 0 saturated heterocycles. The summed E-state index contributed by atoms with van der Waals surface area (Å²) in [5, 5.41) is 8.06. The zero-order valence-electron chi connectivity index (χ0n) is 15.3. The highest BCUT2D eigenvalue weighted by molar-refractivity contribution is 6.11. The number of nitrogens with zero attached hydrogens (tertiary/aromatic N) is 3. The molecule has 0 amide bonds. The minimum atomic E-state index is 0.378. The summed E-state index contributed by atoms with van der Waals surface area (Å²) in [4.78, 5) is 9.26. The Labute approximate surface area is 152 Å². The Kier molecular flexibility index (Phi) is 5.31. The lowest BCUT2D eigenvalue weighted by atomic mass is 10.0. The van der Waals surface area contributed by atoms with E-state index in [4.69, 9.17) is 14.1 Å². The van der Waals surface area contributed by atoms with Crippen molar-refractivity contribution in [3.8, 4) is 5.75 Å². The van der Waals surface area contributed by atoms with Gasteiger partial charge in [0.15, 0.2) is 5.71 Å². The Bertz CT molecular complexity index is 932. The summed E-state index contributed by atoms with van der Waals surface area (Å²) in [6, 6.07) is 14.0. The molecule has 0 bridgehead atoms. The van der Waals surface area contributed by atoms with Gasteiger partial charge in [-0.3, -0.25) is 0 Å². The van der Waals surface area contributed by atoms with Crippen LogP contribution < -0.4 is 4.74 Å². The lowest BCUT2D eigenvalue weighted by Crippen LogP contribution is -2.11. The molecule has 0 aliphatic heterocycles. The van der Waals surface area contributed by atoms with E-state index in [2.05, 4.69) is 27.4 Å². The van der Waals surface area contributed by atoms with Crippen LogP contribution in [0, 0.1) is 20.8 Å². The summed E-state index contributed by atoms with van der Waals surface area (Å²) in [6.45, 7) is 6.19. The molecule has 134 valence electrons. The van der Waals surface area contributed by atoms with Gasteiger partial charge >= 0.3 is 0 Å². The Hall–Kier alpha value is -3.15. The van der Waals surface area contributed by atoms with Gasteiger partial charge in [0.2, 0.25) is 11.7 Å². The third kappa shape index (κ3) is 3.91. The van der Waals surface area contributed by atoms with E-state index in [1.165, 1.54) is 7.11 Å². The molecule has 0 spiro atoms. The van der Waals surface area contributed by atoms with Gasteiger partial charge in [-0.1, -0.05) is 46.7 Å². The molecule has 2 aromatic carbocycles. The standard InChI is InChI=1S/C20H21N3O3/c1-13-9-10-14(2)18(11-13)25-12-16-7-5-6-8-17(16)19(22-24-4)20-21-15(3)26-23-20/h5-11H,12H2,1-4H3/b22-19+. The Morgan fingerprint density at radius 2 is 1.92 bits per heavy atom. The van der Waals surface area contributed by atoms with Crippen LogP contribution in [-0.4, -0.2) is 23.0 Å². The molecule has 26 heavy (non-hydrogen) atoms. The topological polar surface area (TPSA) is 69.7 Å². The molecule has 0 aliphatic carbocycles. The van der Waals surface area contributed by atoms with Gasteiger partial charge in [0.1, 0.15) is 19.5 Å². The molecule has 0 N–H and O–H groups in total. The first-order valence-corrected chi connectivity index (χ1v) is 8.28. The number of oxime groups is 1. The zero-order valence-corrected chi connectivity index (χ0v) is 15.3. The maximum atomic E-state index is 6.05. The monoisotopic (exact) mass is 351 g/mol. The number of rotatable bonds is 6. The average Bonchev–Trinajstić information content (AvgIpc) is 3.07. The van der Waals surface area contributed by atoms with Gasteiger partial charge in [-0.05, 0) is 36.6 Å². The van der Waals surface area contributed by atoms with Gasteiger partial charge in [0.25, 0.3) is 0 Å². The zero-order chi connectivity index (χ0) is 18.5. The van der Waals surface area contributed by atoms with E-state index in [-0.39, 0.29) is 0 Å². The molecule has 1 aromatic heterocycles. The van der Waals surface area contributed by atoms with Crippen molar-refractivity contribution in [1.29, 1.82) is 0 Å². The van der Waals surface area contributed by atoms with Gasteiger partial charge in [0.05, 0.1) is 0 Å². The third-order valence-corrected chi connectivity index (χ3v) is 3.92. The quantitative estimate of drug-likeness (QED) is 0.496. The molecule has 3 aromatic rings. The summed E-state index contributed by atoms with van der Waals surface area (Å²) < 4.78 is 11.1. The number of benzene rings is 2. The fourth-order valence-corrected chi connectivity index (χ4v) is 2.59. The van der Waals surface area contributed by atoms with Crippen LogP contribution in [0.4, 0.5) is 0 Å². The van der Waals surface area contributed by atoms with E-state index in [1.54, 1.807) is 6.92 Å². The molecule has 0 saturated carbocycles. The van der Waals surface area contributed by atoms with Gasteiger partial charge in [-0.2, -0.15) is 4.98 Å². The molecule has 0 aliphatic rings. The van der Waals surface area contributed by atoms with Crippen LogP contribution in [0.15, 0.2) is 52.1 Å². The van der Waals surface area contributed by atoms with E-state index < -0.39 is 0 Å². The van der Waals surface area contributed by atoms with Gasteiger partial charge < -0.3 is 14.1 Å². The molecular formula is C20H21N3O3. The van der Waals surface area contributed by atoms with Crippen LogP contribution in [0.5, 0.6) is 5.75 Å². The summed E-state index contributed by atoms with van der Waals surface area (Å²) >= 11 is 0. The van der Waals surface area contributed by atoms with Gasteiger partial charge in [-0.15, -0.1) is 0 Å². The minimum Gasteiger partial charge on any atom is -0.489 e. The van der Waals surface area contributed by atoms with E-state index in [0.29, 0.717) is 24.0 Å². The third-order valence-electron chi connectivity index (χ3n) is 3.92. The van der Waals surface area contributed by atoms with Crippen molar-refractivity contribution in [1.82, 2.24) is 10.1 Å². The highest BCUT2D eigenvalue weighted by atomic mass is 16.6. The second kappa shape index (κ2) is 7.82. The summed E-state index contributed by atoms with van der Waals surface area (Å²) in [5.74, 6) is 1.71. The normalized spacial score (nSPS) is 11.5. The first-order chi connectivity index (χ1) is 12.6. The molecule has 6 heteroatoms. The van der Waals surface area contributed by atoms with Crippen molar-refractivity contribution < 1.29 is 14.1 Å². The Balaban J connectivity index is 1.92. The van der Waals surface area contributed by atoms with Crippen molar-refractivity contribution >= 4 is 5.71 Å². The molecule has 0 atom stereocenters. The van der Waals surface area contributed by atoms with E-state index in [0.717, 1.165) is 28.0 Å². The molecule has 1 heterocycles. The van der Waals surface area contributed by atoms with Crippen LogP contribution in [0.3, 0.4) is 0 Å². The Morgan fingerprint density at radius 3 is 2.65 bits per heavy atom. The summed E-state index contributed by atoms with van der Waals surface area (Å²) in [6.07, 6.45) is 0. The van der Waals surface area contributed by atoms with Gasteiger partial charge in [0, 0.05) is 12.5 Å². The van der Waals surface area contributed by atoms with Crippen molar-refractivity contribution in [2.45, 2.75) is 27.4 Å². The highest BCUT2D eigenvalue weighted by Crippen LogP contribution is 2.22. The average molecular weight is 351 g/mol. The van der Waals surface area contributed by atoms with Crippen molar-refractivity contribution in [3.05, 3.63) is 76.4 Å². The number of aromatic nitrogens is 2. The largest absolute Gasteiger partial charge is 0.489 e. The minimum absolute atomic E-state index is 0.378. The SMILES string of the molecule is CO/N=C(/c1noc(C)n1)c1ccccc1COc1cc(C)ccc1C. The highest BCUT2D eigenvalue weighted by Gasteiger charge is 2.18. The first-order valence-electron chi connectivity index (χ1n) is 8.28. The van der Waals surface area contributed by atoms with E-state index in [9.17, 15) is 0 Å². The van der Waals surface area contributed by atoms with E-state index >= 15 is 0 Å². The van der Waals surface area contributed by atoms with Crippen LogP contribution >= 0.6 is 0 Å². The second-order valence-corrected chi connectivity index (χ2v) is 5.97. The predicted molar refractivity (Wildman–Crippen MR) is 98.4 cm³/mol. The number of aryl methyl sites for hydroxylation is 3. The van der Waals surface area contributed by atoms with Crippen LogP contribution in [-0.2, 0) is 11.4 Å².